The molecular weight excluding hydrogens is 302 g/mol. The van der Waals surface area contributed by atoms with Gasteiger partial charge in [-0.25, -0.2) is 4.79 Å². The van der Waals surface area contributed by atoms with E-state index in [9.17, 15) is 4.79 Å². The third-order valence-corrected chi connectivity index (χ3v) is 4.28. The Bertz CT molecular complexity index is 699. The lowest BCUT2D eigenvalue weighted by atomic mass is 10.1. The summed E-state index contributed by atoms with van der Waals surface area (Å²) >= 11 is 6.19. The van der Waals surface area contributed by atoms with Crippen molar-refractivity contribution in [1.29, 1.82) is 0 Å². The molecule has 1 aliphatic carbocycles. The molecule has 22 heavy (non-hydrogen) atoms. The zero-order chi connectivity index (χ0) is 15.7. The van der Waals surface area contributed by atoms with Crippen LogP contribution in [0.1, 0.15) is 42.2 Å². The van der Waals surface area contributed by atoms with Gasteiger partial charge in [0.1, 0.15) is 5.69 Å². The number of hydrogen-bond acceptors (Lipinski definition) is 3. The Balaban J connectivity index is 1.63. The molecule has 2 amide bonds. The average Bonchev–Trinajstić information content (AvgIpc) is 3.07. The van der Waals surface area contributed by atoms with Crippen molar-refractivity contribution in [3.63, 3.8) is 0 Å². The van der Waals surface area contributed by atoms with Gasteiger partial charge >= 0.3 is 6.03 Å². The Morgan fingerprint density at radius 3 is 3.05 bits per heavy atom. The van der Waals surface area contributed by atoms with Crippen LogP contribution < -0.4 is 10.6 Å². The summed E-state index contributed by atoms with van der Waals surface area (Å²) in [6.45, 7) is 1.88. The van der Waals surface area contributed by atoms with Crippen molar-refractivity contribution < 1.29 is 4.79 Å². The highest BCUT2D eigenvalue weighted by molar-refractivity contribution is 6.31. The number of amides is 2. The number of halogens is 1. The zero-order valence-electron chi connectivity index (χ0n) is 12.5. The quantitative estimate of drug-likeness (QED) is 0.913. The smallest absolute Gasteiger partial charge is 0.315 e. The fourth-order valence-corrected chi connectivity index (χ4v) is 3.07. The van der Waals surface area contributed by atoms with Crippen LogP contribution in [-0.2, 0) is 13.5 Å². The topological polar surface area (TPSA) is 71.8 Å². The predicted molar refractivity (Wildman–Crippen MR) is 83.6 cm³/mol. The minimum atomic E-state index is -0.212. The molecule has 0 spiro atoms. The van der Waals surface area contributed by atoms with Gasteiger partial charge in [0.25, 0.3) is 0 Å². The van der Waals surface area contributed by atoms with Gasteiger partial charge in [-0.15, -0.1) is 5.10 Å². The van der Waals surface area contributed by atoms with E-state index < -0.39 is 0 Å². The van der Waals surface area contributed by atoms with E-state index in [-0.39, 0.29) is 18.1 Å². The maximum absolute atomic E-state index is 12.2. The summed E-state index contributed by atoms with van der Waals surface area (Å²) in [7, 11) is 1.79. The summed E-state index contributed by atoms with van der Waals surface area (Å²) in [5, 5.41) is 14.5. The number of fused-ring (bicyclic) bond motifs is 1. The molecule has 0 bridgehead atoms. The molecule has 1 aromatic heterocycles. The fraction of sp³-hybridized carbons (Fsp3) is 0.400. The van der Waals surface area contributed by atoms with Gasteiger partial charge in [-0.05, 0) is 37.0 Å². The Morgan fingerprint density at radius 1 is 1.50 bits per heavy atom. The number of carbonyl (C=O) groups is 1. The highest BCUT2D eigenvalue weighted by Crippen LogP contribution is 2.35. The van der Waals surface area contributed by atoms with Gasteiger partial charge in [0, 0.05) is 12.1 Å². The number of nitrogens with zero attached hydrogens (tertiary/aromatic N) is 3. The molecule has 7 heteroatoms. The van der Waals surface area contributed by atoms with Gasteiger partial charge < -0.3 is 10.6 Å². The van der Waals surface area contributed by atoms with E-state index in [1.807, 2.05) is 25.1 Å². The Morgan fingerprint density at radius 2 is 2.32 bits per heavy atom. The van der Waals surface area contributed by atoms with Crippen LogP contribution in [0, 0.1) is 0 Å². The van der Waals surface area contributed by atoms with Gasteiger partial charge in [-0.2, -0.15) is 0 Å². The van der Waals surface area contributed by atoms with Crippen LogP contribution in [0.3, 0.4) is 0 Å². The summed E-state index contributed by atoms with van der Waals surface area (Å²) < 4.78 is 1.61. The van der Waals surface area contributed by atoms with Gasteiger partial charge in [0.05, 0.1) is 18.3 Å². The summed E-state index contributed by atoms with van der Waals surface area (Å²) in [6.07, 6.45) is 3.54. The number of rotatable bonds is 3. The third-order valence-electron chi connectivity index (χ3n) is 3.93. The summed E-state index contributed by atoms with van der Waals surface area (Å²) in [6, 6.07) is 5.42. The van der Waals surface area contributed by atoms with Crippen molar-refractivity contribution >= 4 is 17.6 Å². The van der Waals surface area contributed by atoms with E-state index in [0.29, 0.717) is 0 Å². The van der Waals surface area contributed by atoms with Crippen LogP contribution >= 0.6 is 11.6 Å². The molecule has 2 atom stereocenters. The number of carbonyl (C=O) groups excluding carboxylic acids is 1. The molecular formula is C15H18ClN5O. The van der Waals surface area contributed by atoms with E-state index >= 15 is 0 Å². The normalized spacial score (nSPS) is 17.9. The molecule has 1 aromatic carbocycles. The second-order valence-electron chi connectivity index (χ2n) is 5.56. The van der Waals surface area contributed by atoms with Crippen molar-refractivity contribution in [1.82, 2.24) is 25.6 Å². The standard InChI is InChI=1S/C15H18ClN5O/c1-9(14-8-21(2)20-19-14)17-15(22)18-13-7-6-10-11(13)4-3-5-12(10)16/h3-5,8-9,13H,6-7H2,1-2H3,(H2,17,18,22)/t9?,13-/m1/s1. The molecule has 0 aliphatic heterocycles. The van der Waals surface area contributed by atoms with Crippen molar-refractivity contribution in [2.45, 2.75) is 31.8 Å². The minimum Gasteiger partial charge on any atom is -0.331 e. The van der Waals surface area contributed by atoms with Crippen LogP contribution in [0.25, 0.3) is 0 Å². The first-order valence-corrected chi connectivity index (χ1v) is 7.63. The number of nitrogens with one attached hydrogen (secondary N) is 2. The number of aromatic nitrogens is 3. The number of urea groups is 1. The Kier molecular flexibility index (Phi) is 4.02. The predicted octanol–water partition coefficient (Wildman–Crippen LogP) is 2.52. The molecule has 2 aromatic rings. The largest absolute Gasteiger partial charge is 0.331 e. The third kappa shape index (κ3) is 2.92. The maximum atomic E-state index is 12.2. The van der Waals surface area contributed by atoms with Gasteiger partial charge in [0.15, 0.2) is 0 Å². The van der Waals surface area contributed by atoms with Crippen LogP contribution in [-0.4, -0.2) is 21.0 Å². The lowest BCUT2D eigenvalue weighted by Gasteiger charge is -2.17. The van der Waals surface area contributed by atoms with Gasteiger partial charge in [-0.3, -0.25) is 4.68 Å². The highest BCUT2D eigenvalue weighted by atomic mass is 35.5. The molecule has 0 saturated carbocycles. The van der Waals surface area contributed by atoms with Crippen molar-refractivity contribution in [2.24, 2.45) is 7.05 Å². The molecule has 3 rings (SSSR count). The van der Waals surface area contributed by atoms with Gasteiger partial charge in [0.2, 0.25) is 0 Å². The summed E-state index contributed by atoms with van der Waals surface area (Å²) in [5.74, 6) is 0. The molecule has 0 saturated heterocycles. The van der Waals surface area contributed by atoms with E-state index in [1.54, 1.807) is 17.9 Å². The lowest BCUT2D eigenvalue weighted by molar-refractivity contribution is 0.234. The van der Waals surface area contributed by atoms with E-state index in [4.69, 9.17) is 11.6 Å². The minimum absolute atomic E-state index is 0.00255. The summed E-state index contributed by atoms with van der Waals surface area (Å²) in [4.78, 5) is 12.2. The van der Waals surface area contributed by atoms with Crippen molar-refractivity contribution in [2.75, 3.05) is 0 Å². The molecule has 1 heterocycles. The zero-order valence-corrected chi connectivity index (χ0v) is 13.3. The molecule has 0 fully saturated rings. The fourth-order valence-electron chi connectivity index (χ4n) is 2.79. The van der Waals surface area contributed by atoms with Crippen LogP contribution in [0.15, 0.2) is 24.4 Å². The SMILES string of the molecule is CC(NC(=O)N[C@@H]1CCc2c(Cl)cccc21)c1cn(C)nn1. The Labute approximate surface area is 133 Å². The van der Waals surface area contributed by atoms with Crippen molar-refractivity contribution in [3.8, 4) is 0 Å². The lowest BCUT2D eigenvalue weighted by Crippen LogP contribution is -2.38. The summed E-state index contributed by atoms with van der Waals surface area (Å²) in [5.41, 5.74) is 2.97. The number of hydrogen-bond donors (Lipinski definition) is 2. The molecule has 0 radical (unpaired) electrons. The Hall–Kier alpha value is -2.08. The average molecular weight is 320 g/mol. The molecule has 6 nitrogen and oxygen atoms in total. The van der Waals surface area contributed by atoms with Crippen LogP contribution in [0.4, 0.5) is 4.79 Å². The number of benzene rings is 1. The molecule has 1 aliphatic rings. The molecule has 1 unspecified atom stereocenters. The highest BCUT2D eigenvalue weighted by Gasteiger charge is 2.26. The van der Waals surface area contributed by atoms with Crippen LogP contribution in [0.2, 0.25) is 5.02 Å². The second kappa shape index (κ2) is 5.96. The van der Waals surface area contributed by atoms with E-state index in [0.717, 1.165) is 34.7 Å². The van der Waals surface area contributed by atoms with E-state index in [2.05, 4.69) is 20.9 Å². The monoisotopic (exact) mass is 319 g/mol. The first-order chi connectivity index (χ1) is 10.5. The van der Waals surface area contributed by atoms with Gasteiger partial charge in [-0.1, -0.05) is 28.9 Å². The molecule has 2 N–H and O–H groups in total. The number of aryl methyl sites for hydroxylation is 1. The second-order valence-corrected chi connectivity index (χ2v) is 5.96. The maximum Gasteiger partial charge on any atom is 0.315 e. The molecule has 116 valence electrons. The van der Waals surface area contributed by atoms with E-state index in [1.165, 1.54) is 0 Å². The van der Waals surface area contributed by atoms with Crippen LogP contribution in [0.5, 0.6) is 0 Å². The van der Waals surface area contributed by atoms with Crippen molar-refractivity contribution in [3.05, 3.63) is 46.2 Å². The first-order valence-electron chi connectivity index (χ1n) is 7.25. The first kappa shape index (κ1) is 14.8.